The molecule has 0 aliphatic carbocycles. The molecule has 0 aliphatic heterocycles. The summed E-state index contributed by atoms with van der Waals surface area (Å²) < 4.78 is 5.44. The van der Waals surface area contributed by atoms with Crippen molar-refractivity contribution in [2.24, 2.45) is 5.73 Å². The average Bonchev–Trinajstić information content (AvgIpc) is 2.33. The van der Waals surface area contributed by atoms with E-state index in [2.05, 4.69) is 5.32 Å². The largest absolute Gasteiger partial charge is 0.483 e. The average molecular weight is 247 g/mol. The molecule has 0 aromatic heterocycles. The zero-order chi connectivity index (χ0) is 13.5. The quantitative estimate of drug-likeness (QED) is 0.761. The van der Waals surface area contributed by atoms with Crippen LogP contribution in [0.3, 0.4) is 0 Å². The third-order valence-corrected chi connectivity index (χ3v) is 2.38. The van der Waals surface area contributed by atoms with Gasteiger partial charge in [0.1, 0.15) is 12.3 Å². The van der Waals surface area contributed by atoms with Gasteiger partial charge in [-0.25, -0.2) is 0 Å². The fraction of sp³-hybridized carbons (Fsp3) is 0.385. The normalized spacial score (nSPS) is 11.4. The molecule has 1 aromatic rings. The van der Waals surface area contributed by atoms with Gasteiger partial charge in [-0.3, -0.25) is 4.79 Å². The van der Waals surface area contributed by atoms with Crippen molar-refractivity contribution in [1.82, 2.24) is 5.32 Å². The highest BCUT2D eigenvalue weighted by atomic mass is 16.5. The maximum atomic E-state index is 11.3. The molecule has 0 radical (unpaired) electrons. The lowest BCUT2D eigenvalue weighted by molar-refractivity contribution is -0.122. The predicted molar refractivity (Wildman–Crippen MR) is 67.9 cm³/mol. The van der Waals surface area contributed by atoms with Crippen LogP contribution >= 0.6 is 0 Å². The van der Waals surface area contributed by atoms with E-state index in [0.29, 0.717) is 5.75 Å². The van der Waals surface area contributed by atoms with Crippen molar-refractivity contribution < 1.29 is 9.53 Å². The van der Waals surface area contributed by atoms with E-state index in [1.807, 2.05) is 38.1 Å². The molecule has 0 saturated carbocycles. The number of nitrogens with zero attached hydrogens (tertiary/aromatic N) is 1. The number of amides is 1. The summed E-state index contributed by atoms with van der Waals surface area (Å²) in [7, 11) is 0. The lowest BCUT2D eigenvalue weighted by atomic mass is 10.1. The number of nitriles is 1. The molecule has 0 bridgehead atoms. The summed E-state index contributed by atoms with van der Waals surface area (Å²) in [5.74, 6) is 0.283. The van der Waals surface area contributed by atoms with Gasteiger partial charge in [-0.05, 0) is 25.5 Å². The molecule has 0 spiro atoms. The topological polar surface area (TPSA) is 88.1 Å². The first-order chi connectivity index (χ1) is 8.54. The van der Waals surface area contributed by atoms with Gasteiger partial charge in [-0.2, -0.15) is 5.26 Å². The summed E-state index contributed by atoms with van der Waals surface area (Å²) in [6.07, 6.45) is 0. The van der Waals surface area contributed by atoms with Crippen molar-refractivity contribution in [2.45, 2.75) is 19.9 Å². The molecule has 0 aliphatic rings. The number of carbonyl (C=O) groups excluding carboxylic acids is 1. The Labute approximate surface area is 107 Å². The van der Waals surface area contributed by atoms with E-state index in [0.717, 1.165) is 11.1 Å². The summed E-state index contributed by atoms with van der Waals surface area (Å²) >= 11 is 0. The van der Waals surface area contributed by atoms with Crippen molar-refractivity contribution in [2.75, 3.05) is 13.2 Å². The van der Waals surface area contributed by atoms with Gasteiger partial charge in [0, 0.05) is 11.6 Å². The van der Waals surface area contributed by atoms with Crippen LogP contribution in [0.25, 0.3) is 0 Å². The molecule has 5 nitrogen and oxygen atoms in total. The van der Waals surface area contributed by atoms with E-state index >= 15 is 0 Å². The molecule has 0 unspecified atom stereocenters. The van der Waals surface area contributed by atoms with Crippen LogP contribution < -0.4 is 15.8 Å². The van der Waals surface area contributed by atoms with Crippen LogP contribution in [0.2, 0.25) is 0 Å². The maximum absolute atomic E-state index is 11.3. The lowest BCUT2D eigenvalue weighted by Gasteiger charge is -2.14. The van der Waals surface area contributed by atoms with Gasteiger partial charge < -0.3 is 15.8 Å². The molecular formula is C13H17N3O2. The van der Waals surface area contributed by atoms with Crippen LogP contribution in [0.4, 0.5) is 0 Å². The highest BCUT2D eigenvalue weighted by Crippen LogP contribution is 2.24. The first-order valence-corrected chi connectivity index (χ1v) is 5.67. The minimum Gasteiger partial charge on any atom is -0.483 e. The van der Waals surface area contributed by atoms with Crippen LogP contribution in [0.15, 0.2) is 18.2 Å². The smallest absolute Gasteiger partial charge is 0.258 e. The number of hydrogen-bond donors (Lipinski definition) is 2. The minimum absolute atomic E-state index is 0.0177. The Bertz CT molecular complexity index is 464. The first-order valence-electron chi connectivity index (χ1n) is 5.67. The van der Waals surface area contributed by atoms with Gasteiger partial charge >= 0.3 is 0 Å². The third kappa shape index (κ3) is 4.07. The SMILES string of the molecule is Cc1ccc([C@@H](C)N)c(OCC(=O)NCC#N)c1. The van der Waals surface area contributed by atoms with Gasteiger partial charge in [0.25, 0.3) is 5.91 Å². The summed E-state index contributed by atoms with van der Waals surface area (Å²) in [5, 5.41) is 10.7. The third-order valence-electron chi connectivity index (χ3n) is 2.38. The zero-order valence-electron chi connectivity index (χ0n) is 10.6. The summed E-state index contributed by atoms with van der Waals surface area (Å²) in [5.41, 5.74) is 7.72. The Morgan fingerprint density at radius 1 is 1.61 bits per heavy atom. The number of hydrogen-bond acceptors (Lipinski definition) is 4. The van der Waals surface area contributed by atoms with Crippen molar-refractivity contribution in [3.63, 3.8) is 0 Å². The molecule has 3 N–H and O–H groups in total. The monoisotopic (exact) mass is 247 g/mol. The summed E-state index contributed by atoms with van der Waals surface area (Å²) in [4.78, 5) is 11.3. The van der Waals surface area contributed by atoms with Crippen molar-refractivity contribution in [1.29, 1.82) is 5.26 Å². The van der Waals surface area contributed by atoms with E-state index < -0.39 is 0 Å². The molecule has 96 valence electrons. The van der Waals surface area contributed by atoms with E-state index in [-0.39, 0.29) is 25.1 Å². The van der Waals surface area contributed by atoms with E-state index in [9.17, 15) is 4.79 Å². The lowest BCUT2D eigenvalue weighted by Crippen LogP contribution is -2.29. The molecule has 1 amide bonds. The molecule has 18 heavy (non-hydrogen) atoms. The van der Waals surface area contributed by atoms with Crippen LogP contribution in [-0.2, 0) is 4.79 Å². The van der Waals surface area contributed by atoms with E-state index in [1.165, 1.54) is 0 Å². The second-order valence-electron chi connectivity index (χ2n) is 4.05. The second kappa shape index (κ2) is 6.62. The number of ether oxygens (including phenoxy) is 1. The van der Waals surface area contributed by atoms with Crippen LogP contribution in [0, 0.1) is 18.3 Å². The van der Waals surface area contributed by atoms with Crippen molar-refractivity contribution in [3.05, 3.63) is 29.3 Å². The number of nitrogens with two attached hydrogens (primary N) is 1. The van der Waals surface area contributed by atoms with Gasteiger partial charge in [0.05, 0.1) is 6.07 Å². The Morgan fingerprint density at radius 3 is 2.94 bits per heavy atom. The van der Waals surface area contributed by atoms with Crippen molar-refractivity contribution in [3.8, 4) is 11.8 Å². The summed E-state index contributed by atoms with van der Waals surface area (Å²) in [6.45, 7) is 3.65. The second-order valence-corrected chi connectivity index (χ2v) is 4.05. The molecule has 1 aromatic carbocycles. The molecule has 1 rings (SSSR count). The van der Waals surface area contributed by atoms with Crippen molar-refractivity contribution >= 4 is 5.91 Å². The Morgan fingerprint density at radius 2 is 2.33 bits per heavy atom. The van der Waals surface area contributed by atoms with Crippen LogP contribution in [0.5, 0.6) is 5.75 Å². The van der Waals surface area contributed by atoms with Gasteiger partial charge in [-0.1, -0.05) is 12.1 Å². The first kappa shape index (κ1) is 14.0. The number of benzene rings is 1. The Hall–Kier alpha value is -2.06. The standard InChI is InChI=1S/C13H17N3O2/c1-9-3-4-11(10(2)15)12(7-9)18-8-13(17)16-6-5-14/h3-4,7,10H,6,8,15H2,1-2H3,(H,16,17)/t10-/m1/s1. The Kier molecular flexibility index (Phi) is 5.15. The van der Waals surface area contributed by atoms with Gasteiger partial charge in [0.2, 0.25) is 0 Å². The molecular weight excluding hydrogens is 230 g/mol. The number of rotatable bonds is 5. The fourth-order valence-corrected chi connectivity index (χ4v) is 1.48. The number of nitrogens with one attached hydrogen (secondary N) is 1. The molecule has 5 heteroatoms. The minimum atomic E-state index is -0.325. The Balaban J connectivity index is 2.69. The van der Waals surface area contributed by atoms with E-state index in [1.54, 1.807) is 0 Å². The van der Waals surface area contributed by atoms with Crippen LogP contribution in [0.1, 0.15) is 24.1 Å². The number of carbonyl (C=O) groups is 1. The van der Waals surface area contributed by atoms with Gasteiger partial charge in [0.15, 0.2) is 6.61 Å². The van der Waals surface area contributed by atoms with Gasteiger partial charge in [-0.15, -0.1) is 0 Å². The molecule has 1 atom stereocenters. The van der Waals surface area contributed by atoms with Crippen LogP contribution in [-0.4, -0.2) is 19.1 Å². The highest BCUT2D eigenvalue weighted by molar-refractivity contribution is 5.77. The molecule has 0 heterocycles. The molecule has 0 fully saturated rings. The number of aryl methyl sites for hydroxylation is 1. The fourth-order valence-electron chi connectivity index (χ4n) is 1.48. The maximum Gasteiger partial charge on any atom is 0.258 e. The zero-order valence-corrected chi connectivity index (χ0v) is 10.6. The summed E-state index contributed by atoms with van der Waals surface area (Å²) in [6, 6.07) is 7.34. The molecule has 0 saturated heterocycles. The predicted octanol–water partition coefficient (Wildman–Crippen LogP) is 1.03. The highest BCUT2D eigenvalue weighted by Gasteiger charge is 2.10. The van der Waals surface area contributed by atoms with E-state index in [4.69, 9.17) is 15.7 Å².